The van der Waals surface area contributed by atoms with Crippen LogP contribution >= 0.6 is 0 Å². The number of carbonyl (C=O) groups is 1. The van der Waals surface area contributed by atoms with Gasteiger partial charge in [-0.25, -0.2) is 8.78 Å². The fourth-order valence-electron chi connectivity index (χ4n) is 1.67. The first-order valence-electron chi connectivity index (χ1n) is 6.75. The van der Waals surface area contributed by atoms with E-state index < -0.39 is 17.5 Å². The summed E-state index contributed by atoms with van der Waals surface area (Å²) < 4.78 is 36.2. The Kier molecular flexibility index (Phi) is 5.72. The maximum Gasteiger partial charge on any atom is 0.322 e. The Balaban J connectivity index is 2.00. The van der Waals surface area contributed by atoms with Gasteiger partial charge < -0.3 is 14.8 Å². The minimum absolute atomic E-state index is 0.0238. The zero-order chi connectivity index (χ0) is 17.5. The zero-order valence-corrected chi connectivity index (χ0v) is 12.9. The van der Waals surface area contributed by atoms with E-state index in [4.69, 9.17) is 9.47 Å². The Morgan fingerprint density at radius 1 is 1.17 bits per heavy atom. The van der Waals surface area contributed by atoms with Crippen LogP contribution in [-0.2, 0) is 11.3 Å². The number of nitrogens with one attached hydrogen (secondary N) is 1. The zero-order valence-electron chi connectivity index (χ0n) is 12.9. The highest BCUT2D eigenvalue weighted by molar-refractivity contribution is 5.91. The number of amides is 1. The Morgan fingerprint density at radius 3 is 2.46 bits per heavy atom. The highest BCUT2D eigenvalue weighted by atomic mass is 19.1. The van der Waals surface area contributed by atoms with Crippen molar-refractivity contribution >= 4 is 12.0 Å². The molecule has 0 atom stereocenters. The van der Waals surface area contributed by atoms with Gasteiger partial charge in [0.25, 0.3) is 0 Å². The van der Waals surface area contributed by atoms with E-state index >= 15 is 0 Å². The molecule has 1 aromatic carbocycles. The molecule has 1 heterocycles. The van der Waals surface area contributed by atoms with Crippen LogP contribution in [0.25, 0.3) is 6.08 Å². The summed E-state index contributed by atoms with van der Waals surface area (Å²) in [7, 11) is 2.76. The third kappa shape index (κ3) is 4.70. The molecule has 0 bridgehead atoms. The lowest BCUT2D eigenvalue weighted by atomic mass is 10.2. The van der Waals surface area contributed by atoms with Crippen molar-refractivity contribution in [2.24, 2.45) is 0 Å². The highest BCUT2D eigenvalue weighted by Gasteiger charge is 2.08. The average molecular weight is 336 g/mol. The number of hydrogen-bond acceptors (Lipinski definition) is 6. The van der Waals surface area contributed by atoms with Gasteiger partial charge in [0.1, 0.15) is 11.6 Å². The van der Waals surface area contributed by atoms with Gasteiger partial charge in [0, 0.05) is 11.6 Å². The van der Waals surface area contributed by atoms with Crippen molar-refractivity contribution < 1.29 is 23.0 Å². The normalized spacial score (nSPS) is 10.7. The average Bonchev–Trinajstić information content (AvgIpc) is 2.60. The molecule has 0 saturated heterocycles. The van der Waals surface area contributed by atoms with E-state index in [9.17, 15) is 13.6 Å². The molecule has 0 aliphatic carbocycles. The maximum absolute atomic E-state index is 13.4. The van der Waals surface area contributed by atoms with Crippen LogP contribution in [0.5, 0.6) is 12.0 Å². The van der Waals surface area contributed by atoms with E-state index in [0.717, 1.165) is 24.3 Å². The summed E-state index contributed by atoms with van der Waals surface area (Å²) in [5.74, 6) is -1.54. The number of aromatic nitrogens is 3. The number of carbonyl (C=O) groups excluding carboxylic acids is 1. The maximum atomic E-state index is 13.4. The van der Waals surface area contributed by atoms with Crippen molar-refractivity contribution in [2.75, 3.05) is 14.2 Å². The molecule has 2 rings (SSSR count). The standard InChI is InChI=1S/C15H14F2N4O3/c1-23-14-19-12(20-15(21-14)24-2)8-18-13(22)6-3-9-7-10(16)4-5-11(9)17/h3-7H,8H2,1-2H3,(H,18,22)/b6-3+. The lowest BCUT2D eigenvalue weighted by Crippen LogP contribution is -2.22. The van der Waals surface area contributed by atoms with E-state index in [1.807, 2.05) is 0 Å². The quantitative estimate of drug-likeness (QED) is 0.805. The number of benzene rings is 1. The van der Waals surface area contributed by atoms with E-state index in [1.54, 1.807) is 0 Å². The molecule has 0 unspecified atom stereocenters. The molecule has 1 aromatic heterocycles. The molecule has 0 fully saturated rings. The molecular formula is C15H14F2N4O3. The SMILES string of the molecule is COc1nc(CNC(=O)/C=C/c2cc(F)ccc2F)nc(OC)n1. The van der Waals surface area contributed by atoms with Crippen LogP contribution in [0.2, 0.25) is 0 Å². The minimum Gasteiger partial charge on any atom is -0.467 e. The molecule has 0 aliphatic heterocycles. The largest absolute Gasteiger partial charge is 0.467 e. The van der Waals surface area contributed by atoms with E-state index in [1.165, 1.54) is 20.3 Å². The number of halogens is 2. The first kappa shape index (κ1) is 17.3. The molecular weight excluding hydrogens is 322 g/mol. The second kappa shape index (κ2) is 7.95. The molecule has 0 radical (unpaired) electrons. The summed E-state index contributed by atoms with van der Waals surface area (Å²) in [6, 6.07) is 3.05. The Labute approximate surface area is 136 Å². The van der Waals surface area contributed by atoms with Gasteiger partial charge in [-0.3, -0.25) is 4.79 Å². The van der Waals surface area contributed by atoms with Gasteiger partial charge in [-0.1, -0.05) is 0 Å². The molecule has 9 heteroatoms. The van der Waals surface area contributed by atoms with Crippen LogP contribution in [0.4, 0.5) is 8.78 Å². The smallest absolute Gasteiger partial charge is 0.322 e. The lowest BCUT2D eigenvalue weighted by molar-refractivity contribution is -0.116. The van der Waals surface area contributed by atoms with Crippen molar-refractivity contribution in [1.29, 1.82) is 0 Å². The number of nitrogens with zero attached hydrogens (tertiary/aromatic N) is 3. The van der Waals surface area contributed by atoms with Crippen molar-refractivity contribution in [2.45, 2.75) is 6.54 Å². The molecule has 0 aliphatic rings. The fourth-order valence-corrected chi connectivity index (χ4v) is 1.67. The van der Waals surface area contributed by atoms with Crippen molar-refractivity contribution in [3.05, 3.63) is 47.3 Å². The Hall–Kier alpha value is -3.10. The summed E-state index contributed by atoms with van der Waals surface area (Å²) in [4.78, 5) is 23.5. The summed E-state index contributed by atoms with van der Waals surface area (Å²) in [5.41, 5.74) is -0.0337. The highest BCUT2D eigenvalue weighted by Crippen LogP contribution is 2.11. The molecule has 7 nitrogen and oxygen atoms in total. The Bertz CT molecular complexity index is 746. The van der Waals surface area contributed by atoms with Gasteiger partial charge in [0.2, 0.25) is 5.91 Å². The van der Waals surface area contributed by atoms with Crippen LogP contribution in [0.15, 0.2) is 24.3 Å². The van der Waals surface area contributed by atoms with Crippen molar-refractivity contribution in [1.82, 2.24) is 20.3 Å². The second-order valence-corrected chi connectivity index (χ2v) is 4.44. The number of hydrogen-bond donors (Lipinski definition) is 1. The third-order valence-corrected chi connectivity index (χ3v) is 2.80. The van der Waals surface area contributed by atoms with Crippen molar-refractivity contribution in [3.8, 4) is 12.0 Å². The van der Waals surface area contributed by atoms with Crippen molar-refractivity contribution in [3.63, 3.8) is 0 Å². The monoisotopic (exact) mass is 336 g/mol. The van der Waals surface area contributed by atoms with Gasteiger partial charge in [-0.2, -0.15) is 9.97 Å². The number of ether oxygens (including phenoxy) is 2. The summed E-state index contributed by atoms with van der Waals surface area (Å²) in [6.07, 6.45) is 2.25. The minimum atomic E-state index is -0.632. The second-order valence-electron chi connectivity index (χ2n) is 4.44. The van der Waals surface area contributed by atoms with Crippen LogP contribution in [0, 0.1) is 11.6 Å². The van der Waals surface area contributed by atoms with Crippen LogP contribution < -0.4 is 14.8 Å². The van der Waals surface area contributed by atoms with Crippen LogP contribution in [-0.4, -0.2) is 35.1 Å². The van der Waals surface area contributed by atoms with Gasteiger partial charge in [0.05, 0.1) is 20.8 Å². The number of rotatable bonds is 6. The predicted molar refractivity (Wildman–Crippen MR) is 80.2 cm³/mol. The molecule has 1 amide bonds. The predicted octanol–water partition coefficient (Wildman–Crippen LogP) is 1.50. The Morgan fingerprint density at radius 2 is 1.83 bits per heavy atom. The molecule has 0 saturated carbocycles. The molecule has 1 N–H and O–H groups in total. The van der Waals surface area contributed by atoms with Gasteiger partial charge >= 0.3 is 12.0 Å². The fraction of sp³-hybridized carbons (Fsp3) is 0.200. The van der Waals surface area contributed by atoms with Gasteiger partial charge in [-0.15, -0.1) is 4.98 Å². The number of methoxy groups -OCH3 is 2. The molecule has 24 heavy (non-hydrogen) atoms. The summed E-state index contributed by atoms with van der Waals surface area (Å²) in [6.45, 7) is -0.0238. The third-order valence-electron chi connectivity index (χ3n) is 2.80. The van der Waals surface area contributed by atoms with Gasteiger partial charge in [-0.05, 0) is 24.3 Å². The molecule has 0 spiro atoms. The molecule has 126 valence electrons. The van der Waals surface area contributed by atoms with E-state index in [2.05, 4.69) is 20.3 Å². The lowest BCUT2D eigenvalue weighted by Gasteiger charge is -2.05. The first-order valence-corrected chi connectivity index (χ1v) is 6.75. The van der Waals surface area contributed by atoms with Crippen LogP contribution in [0.1, 0.15) is 11.4 Å². The van der Waals surface area contributed by atoms with E-state index in [0.29, 0.717) is 0 Å². The molecule has 2 aromatic rings. The summed E-state index contributed by atoms with van der Waals surface area (Å²) in [5, 5.41) is 2.50. The van der Waals surface area contributed by atoms with Gasteiger partial charge in [0.15, 0.2) is 5.82 Å². The summed E-state index contributed by atoms with van der Waals surface area (Å²) >= 11 is 0. The van der Waals surface area contributed by atoms with Crippen LogP contribution in [0.3, 0.4) is 0 Å². The topological polar surface area (TPSA) is 86.2 Å². The van der Waals surface area contributed by atoms with E-state index in [-0.39, 0.29) is 30.0 Å². The first-order chi connectivity index (χ1) is 11.5.